The third-order valence-corrected chi connectivity index (χ3v) is 15.6. The summed E-state index contributed by atoms with van der Waals surface area (Å²) in [6.07, 6.45) is 0. The first-order chi connectivity index (χ1) is 25.7. The molecule has 14 heteroatoms. The van der Waals surface area contributed by atoms with Crippen LogP contribution in [0.4, 0.5) is 68.2 Å². The van der Waals surface area contributed by atoms with Crippen molar-refractivity contribution in [2.45, 2.75) is 0 Å². The molecule has 0 aromatic heterocycles. The molecule has 12 nitrogen and oxygen atoms in total. The van der Waals surface area contributed by atoms with Crippen LogP contribution in [0.25, 0.3) is 0 Å². The van der Waals surface area contributed by atoms with Crippen molar-refractivity contribution in [2.75, 3.05) is 228 Å². The molecule has 0 aliphatic heterocycles. The highest BCUT2D eigenvalue weighted by molar-refractivity contribution is 7.42. The van der Waals surface area contributed by atoms with Crippen molar-refractivity contribution in [3.63, 3.8) is 0 Å². The largest absolute Gasteiger partial charge is 0.378 e. The molecule has 0 saturated heterocycles. The molecule has 3 aromatic carbocycles. The van der Waals surface area contributed by atoms with Gasteiger partial charge in [0, 0.05) is 202 Å². The zero-order valence-corrected chi connectivity index (χ0v) is 41.2. The van der Waals surface area contributed by atoms with Crippen molar-refractivity contribution >= 4 is 102 Å². The van der Waals surface area contributed by atoms with Gasteiger partial charge in [-0.25, -0.2) is 0 Å². The molecule has 0 spiro atoms. The molecule has 0 bridgehead atoms. The Morgan fingerprint density at radius 2 is 0.411 bits per heavy atom. The summed E-state index contributed by atoms with van der Waals surface area (Å²) in [6.45, 7) is 0. The molecule has 3 rings (SSSR count). The number of anilines is 12. The Bertz CT molecular complexity index is 1650. The van der Waals surface area contributed by atoms with E-state index in [1.165, 1.54) is 0 Å². The first kappa shape index (κ1) is 46.2. The molecule has 0 amide bonds. The van der Waals surface area contributed by atoms with E-state index in [4.69, 9.17) is 0 Å². The van der Waals surface area contributed by atoms with Crippen LogP contribution < -0.4 is 74.4 Å². The summed E-state index contributed by atoms with van der Waals surface area (Å²) in [7, 11) is 47.7. The van der Waals surface area contributed by atoms with Crippen molar-refractivity contribution in [3.05, 3.63) is 18.2 Å². The zero-order chi connectivity index (χ0) is 43.2. The molecule has 56 heavy (non-hydrogen) atoms. The Morgan fingerprint density at radius 1 is 0.250 bits per heavy atom. The Kier molecular flexibility index (Phi) is 14.1. The fourth-order valence-corrected chi connectivity index (χ4v) is 14.4. The smallest absolute Gasteiger partial charge is 0.260 e. The first-order valence-corrected chi connectivity index (χ1v) is 22.1. The molecule has 3 aromatic rings. The minimum Gasteiger partial charge on any atom is -0.378 e. The summed E-state index contributed by atoms with van der Waals surface area (Å²) in [4.78, 5) is 27.0. The minimum absolute atomic E-state index is 1.08. The lowest BCUT2D eigenvalue weighted by Gasteiger charge is -2.45. The maximum atomic E-state index is 9.42. The van der Waals surface area contributed by atoms with Crippen LogP contribution in [-0.4, -0.2) is 177 Å². The Balaban J connectivity index is 3.24. The Hall–Kier alpha value is -4.23. The van der Waals surface area contributed by atoms with Gasteiger partial charge in [0.25, 0.3) is 7.38 Å². The summed E-state index contributed by atoms with van der Waals surface area (Å²) in [6, 6.07) is 7.04. The second-order valence-electron chi connectivity index (χ2n) is 17.4. The Morgan fingerprint density at radius 3 is 0.536 bits per heavy atom. The molecule has 0 unspecified atom stereocenters. The first-order valence-electron chi connectivity index (χ1n) is 19.1. The van der Waals surface area contributed by atoms with Gasteiger partial charge in [-0.15, -0.1) is 11.1 Å². The van der Waals surface area contributed by atoms with E-state index in [0.717, 1.165) is 83.8 Å². The van der Waals surface area contributed by atoms with Gasteiger partial charge in [0.05, 0.1) is 51.2 Å². The van der Waals surface area contributed by atoms with Crippen LogP contribution in [0, 0.1) is 0 Å². The van der Waals surface area contributed by atoms with Gasteiger partial charge in [0.15, 0.2) is 0 Å². The molecule has 0 N–H and O–H groups in total. The quantitative estimate of drug-likeness (QED) is 0.128. The number of benzene rings is 3. The second-order valence-corrected chi connectivity index (χ2v) is 21.9. The van der Waals surface area contributed by atoms with Crippen LogP contribution in [0.5, 0.6) is 0 Å². The lowest BCUT2D eigenvalue weighted by atomic mass is 10.1. The van der Waals surface area contributed by atoms with Crippen molar-refractivity contribution in [1.29, 1.82) is 0 Å². The van der Waals surface area contributed by atoms with E-state index >= 15 is 0 Å². The van der Waals surface area contributed by atoms with E-state index in [1.54, 1.807) is 0 Å². The number of hydrogen-bond acceptors (Lipinski definition) is 12. The third kappa shape index (κ3) is 7.98. The summed E-state index contributed by atoms with van der Waals surface area (Å²) < 4.78 is 0. The van der Waals surface area contributed by atoms with Gasteiger partial charge in [0.1, 0.15) is 0 Å². The van der Waals surface area contributed by atoms with Crippen LogP contribution in [0.15, 0.2) is 18.2 Å². The minimum atomic E-state index is -3.84. The fourth-order valence-electron chi connectivity index (χ4n) is 8.00. The van der Waals surface area contributed by atoms with Gasteiger partial charge in [-0.05, 0) is 18.2 Å². The summed E-state index contributed by atoms with van der Waals surface area (Å²) in [5.74, 6) is 0. The fraction of sp³-hybridized carbons (Fsp3) is 0.571. The van der Waals surface area contributed by atoms with E-state index < -0.39 is 7.38 Å². The van der Waals surface area contributed by atoms with Gasteiger partial charge in [-0.3, -0.25) is 0 Å². The van der Waals surface area contributed by atoms with Crippen molar-refractivity contribution in [2.24, 2.45) is 0 Å². The highest BCUT2D eigenvalue weighted by atomic mass is 35.6. The van der Waals surface area contributed by atoms with E-state index in [-0.39, 0.29) is 0 Å². The molecule has 0 fully saturated rings. The lowest BCUT2D eigenvalue weighted by molar-refractivity contribution is 1.04. The average Bonchev–Trinajstić information content (AvgIpc) is 3.07. The van der Waals surface area contributed by atoms with Crippen LogP contribution in [0.2, 0.25) is 0 Å². The molecule has 0 aliphatic rings. The summed E-state index contributed by atoms with van der Waals surface area (Å²) in [5.41, 5.74) is 13.2. The topological polar surface area (TPSA) is 38.9 Å². The average molecular weight is 812 g/mol. The monoisotopic (exact) mass is 811 g/mol. The number of nitrogens with zero attached hydrogens (tertiary/aromatic N) is 12. The number of hydrogen-bond donors (Lipinski definition) is 0. The second kappa shape index (κ2) is 17.1. The molecule has 0 atom stereocenters. The zero-order valence-electron chi connectivity index (χ0n) is 39.5. The SMILES string of the molecule is CN(C)c1cc(N(C)C)c([Si](Cl)(c2c(N(C)C)cc(N(C)C)c(N(C)C)c2N(C)C)c2c(N(C)C)cc(N(C)C)c(N(C)C)c2N(C)C)c(N(C)C)c1N(C)C. The van der Waals surface area contributed by atoms with E-state index in [0.29, 0.717) is 0 Å². The van der Waals surface area contributed by atoms with Crippen molar-refractivity contribution < 1.29 is 0 Å². The maximum absolute atomic E-state index is 9.42. The highest BCUT2D eigenvalue weighted by Crippen LogP contribution is 2.48. The normalized spacial score (nSPS) is 11.3. The lowest BCUT2D eigenvalue weighted by Crippen LogP contribution is -2.67. The van der Waals surface area contributed by atoms with Crippen LogP contribution in [0.3, 0.4) is 0 Å². The molecule has 0 saturated carbocycles. The molecule has 0 heterocycles. The summed E-state index contributed by atoms with van der Waals surface area (Å²) >= 11 is 9.42. The van der Waals surface area contributed by atoms with Crippen LogP contribution >= 0.6 is 11.1 Å². The maximum Gasteiger partial charge on any atom is 0.260 e. The van der Waals surface area contributed by atoms with E-state index in [1.807, 2.05) is 0 Å². The van der Waals surface area contributed by atoms with Gasteiger partial charge >= 0.3 is 0 Å². The van der Waals surface area contributed by atoms with Crippen LogP contribution in [-0.2, 0) is 0 Å². The van der Waals surface area contributed by atoms with Crippen molar-refractivity contribution in [3.8, 4) is 0 Å². The number of rotatable bonds is 15. The van der Waals surface area contributed by atoms with Gasteiger partial charge in [0.2, 0.25) is 0 Å². The molecule has 0 aliphatic carbocycles. The standard InChI is InChI=1S/C42H75ClN12Si/c1-44(2)28-25-31(47(7)8)40(37(53(19)20)34(28)50(13)14)56(43,41-32(48(9)10)26-29(45(3)4)35(51(15)16)38(41)54(21)22)42-33(49(11)12)27-30(46(5)6)36(52(17)18)39(42)55(23)24/h25-27H,1-24H3. The Labute approximate surface area is 347 Å². The number of halogens is 1. The van der Waals surface area contributed by atoms with Crippen molar-refractivity contribution in [1.82, 2.24) is 0 Å². The molecular formula is C42H75ClN12Si. The van der Waals surface area contributed by atoms with Gasteiger partial charge in [-0.2, -0.15) is 0 Å². The molecular weight excluding hydrogens is 736 g/mol. The van der Waals surface area contributed by atoms with Crippen LogP contribution in [0.1, 0.15) is 0 Å². The predicted octanol–water partition coefficient (Wildman–Crippen LogP) is 3.68. The third-order valence-electron chi connectivity index (χ3n) is 10.3. The van der Waals surface area contributed by atoms with Gasteiger partial charge < -0.3 is 58.8 Å². The predicted molar refractivity (Wildman–Crippen MR) is 262 cm³/mol. The summed E-state index contributed by atoms with van der Waals surface area (Å²) in [5, 5.41) is 3.39. The molecule has 314 valence electrons. The van der Waals surface area contributed by atoms with E-state index in [2.05, 4.69) is 246 Å². The van der Waals surface area contributed by atoms with Gasteiger partial charge in [-0.1, -0.05) is 0 Å². The van der Waals surface area contributed by atoms with E-state index in [9.17, 15) is 11.1 Å². The molecule has 0 radical (unpaired) electrons. The highest BCUT2D eigenvalue weighted by Gasteiger charge is 2.52.